The van der Waals surface area contributed by atoms with Crippen LogP contribution in [0.2, 0.25) is 0 Å². The summed E-state index contributed by atoms with van der Waals surface area (Å²) in [4.78, 5) is 38.0. The highest BCUT2D eigenvalue weighted by molar-refractivity contribution is 5.93. The largest absolute Gasteiger partial charge is 0.369 e. The first-order valence-corrected chi connectivity index (χ1v) is 14.1. The van der Waals surface area contributed by atoms with Crippen LogP contribution in [0.15, 0.2) is 42.6 Å². The minimum absolute atomic E-state index is 0.0124. The van der Waals surface area contributed by atoms with Crippen LogP contribution in [0.3, 0.4) is 0 Å². The molecule has 0 fully saturated rings. The van der Waals surface area contributed by atoms with Gasteiger partial charge in [-0.15, -0.1) is 0 Å². The number of amides is 2. The second-order valence-electron chi connectivity index (χ2n) is 10.2. The Labute approximate surface area is 244 Å². The molecule has 41 heavy (non-hydrogen) atoms. The van der Waals surface area contributed by atoms with Gasteiger partial charge in [-0.25, -0.2) is 9.37 Å². The van der Waals surface area contributed by atoms with Crippen molar-refractivity contribution in [1.82, 2.24) is 25.1 Å². The molecule has 2 rings (SSSR count). The number of carbonyl (C=O) groups is 2. The minimum Gasteiger partial charge on any atom is -0.369 e. The first kappa shape index (κ1) is 33.2. The van der Waals surface area contributed by atoms with Gasteiger partial charge in [-0.05, 0) is 51.1 Å². The molecule has 2 amide bonds. The van der Waals surface area contributed by atoms with Crippen LogP contribution < -0.4 is 16.0 Å². The third-order valence-corrected chi connectivity index (χ3v) is 6.36. The maximum Gasteiger partial charge on any atom is 0.246 e. The Morgan fingerprint density at radius 3 is 2.63 bits per heavy atom. The molecule has 222 valence electrons. The lowest BCUT2D eigenvalue weighted by molar-refractivity contribution is -0.137. The molecule has 0 bridgehead atoms. The van der Waals surface area contributed by atoms with Crippen molar-refractivity contribution in [1.29, 1.82) is 0 Å². The van der Waals surface area contributed by atoms with Gasteiger partial charge in [0.1, 0.15) is 17.7 Å². The molecule has 0 radical (unpaired) electrons. The van der Waals surface area contributed by atoms with Gasteiger partial charge in [0.05, 0.1) is 11.8 Å². The summed E-state index contributed by atoms with van der Waals surface area (Å²) in [6.45, 7) is 7.87. The Kier molecular flexibility index (Phi) is 14.3. The normalized spacial score (nSPS) is 12.4. The minimum atomic E-state index is -0.550. The Morgan fingerprint density at radius 1 is 1.17 bits per heavy atom. The van der Waals surface area contributed by atoms with Crippen molar-refractivity contribution in [3.8, 4) is 11.8 Å². The first-order valence-electron chi connectivity index (χ1n) is 14.1. The molecule has 2 aromatic rings. The molecule has 0 spiro atoms. The van der Waals surface area contributed by atoms with Gasteiger partial charge in [0.2, 0.25) is 17.8 Å². The van der Waals surface area contributed by atoms with Crippen molar-refractivity contribution in [2.24, 2.45) is 5.92 Å². The SMILES string of the molecule is CCCNc1nc(Nc2cccc(F)c2)ncc1C#CCCCNC(=O)[C@H](C(C)CC)N(C)C(=O)C=CCN(C)C. The quantitative estimate of drug-likeness (QED) is 0.167. The van der Waals surface area contributed by atoms with Gasteiger partial charge in [0.25, 0.3) is 0 Å². The highest BCUT2D eigenvalue weighted by Gasteiger charge is 2.30. The van der Waals surface area contributed by atoms with Crippen LogP contribution in [-0.2, 0) is 9.59 Å². The van der Waals surface area contributed by atoms with Crippen LogP contribution in [-0.4, -0.2) is 78.4 Å². The van der Waals surface area contributed by atoms with Crippen molar-refractivity contribution in [2.75, 3.05) is 51.4 Å². The molecule has 1 aromatic carbocycles. The number of benzene rings is 1. The molecule has 2 atom stereocenters. The number of unbranched alkanes of at least 4 members (excludes halogenated alkanes) is 1. The van der Waals surface area contributed by atoms with E-state index in [4.69, 9.17) is 0 Å². The number of nitrogens with zero attached hydrogens (tertiary/aromatic N) is 4. The molecule has 0 saturated carbocycles. The van der Waals surface area contributed by atoms with Crippen LogP contribution in [0.1, 0.15) is 52.0 Å². The molecule has 1 heterocycles. The molecule has 3 N–H and O–H groups in total. The topological polar surface area (TPSA) is 102 Å². The van der Waals surface area contributed by atoms with E-state index in [1.807, 2.05) is 32.8 Å². The molecule has 0 saturated heterocycles. The van der Waals surface area contributed by atoms with Gasteiger partial charge < -0.3 is 25.8 Å². The molecule has 0 aliphatic heterocycles. The molecule has 1 unspecified atom stereocenters. The zero-order chi connectivity index (χ0) is 30.2. The van der Waals surface area contributed by atoms with Crippen molar-refractivity contribution in [3.63, 3.8) is 0 Å². The standard InChI is InChI=1S/C31H44FN7O2/c1-7-18-33-29-24(22-35-31(37-29)36-26-16-12-15-25(32)21-26)14-10-9-11-19-34-30(41)28(23(3)8-2)39(6)27(40)17-13-20-38(4)5/h12-13,15-17,21-23,28H,7-9,11,18-20H2,1-6H3,(H,34,41)(H2,33,35,36,37)/t23?,28-/m0/s1. The van der Waals surface area contributed by atoms with Crippen LogP contribution in [0.5, 0.6) is 0 Å². The van der Waals surface area contributed by atoms with Crippen LogP contribution >= 0.6 is 0 Å². The average Bonchev–Trinajstić information content (AvgIpc) is 2.94. The first-order chi connectivity index (χ1) is 19.7. The Morgan fingerprint density at radius 2 is 1.95 bits per heavy atom. The summed E-state index contributed by atoms with van der Waals surface area (Å²) < 4.78 is 13.5. The van der Waals surface area contributed by atoms with Crippen molar-refractivity contribution >= 4 is 29.3 Å². The van der Waals surface area contributed by atoms with Gasteiger partial charge >= 0.3 is 0 Å². The Bertz CT molecular complexity index is 1220. The van der Waals surface area contributed by atoms with Gasteiger partial charge in [-0.2, -0.15) is 4.98 Å². The predicted molar refractivity (Wildman–Crippen MR) is 163 cm³/mol. The molecule has 10 heteroatoms. The number of anilines is 3. The van der Waals surface area contributed by atoms with Gasteiger partial charge in [-0.3, -0.25) is 9.59 Å². The average molecular weight is 566 g/mol. The second-order valence-corrected chi connectivity index (χ2v) is 10.2. The smallest absolute Gasteiger partial charge is 0.246 e. The summed E-state index contributed by atoms with van der Waals surface area (Å²) in [6.07, 6.45) is 7.86. The van der Waals surface area contributed by atoms with E-state index in [0.29, 0.717) is 48.9 Å². The number of rotatable bonds is 15. The summed E-state index contributed by atoms with van der Waals surface area (Å²) in [6, 6.07) is 5.55. The van der Waals surface area contributed by atoms with E-state index in [9.17, 15) is 14.0 Å². The summed E-state index contributed by atoms with van der Waals surface area (Å²) in [7, 11) is 5.53. The maximum atomic E-state index is 13.5. The Hall–Kier alpha value is -3.97. The highest BCUT2D eigenvalue weighted by atomic mass is 19.1. The zero-order valence-corrected chi connectivity index (χ0v) is 25.1. The fourth-order valence-electron chi connectivity index (χ4n) is 3.92. The number of likely N-dealkylation sites (N-methyl/N-ethyl adjacent to an activating group) is 2. The fourth-order valence-corrected chi connectivity index (χ4v) is 3.92. The molecule has 0 aliphatic carbocycles. The molecule has 0 aliphatic rings. The van der Waals surface area contributed by atoms with Gasteiger partial charge in [0, 0.05) is 44.9 Å². The number of aromatic nitrogens is 2. The van der Waals surface area contributed by atoms with E-state index in [-0.39, 0.29) is 23.5 Å². The van der Waals surface area contributed by atoms with E-state index in [0.717, 1.165) is 19.4 Å². The van der Waals surface area contributed by atoms with Crippen molar-refractivity contribution in [3.05, 3.63) is 54.0 Å². The van der Waals surface area contributed by atoms with E-state index < -0.39 is 6.04 Å². The molecule has 9 nitrogen and oxygen atoms in total. The lowest BCUT2D eigenvalue weighted by Gasteiger charge is -2.30. The fraction of sp³-hybridized carbons (Fsp3) is 0.484. The summed E-state index contributed by atoms with van der Waals surface area (Å²) in [5, 5.41) is 9.26. The third-order valence-electron chi connectivity index (χ3n) is 6.36. The van der Waals surface area contributed by atoms with Crippen molar-refractivity contribution in [2.45, 2.75) is 52.5 Å². The summed E-state index contributed by atoms with van der Waals surface area (Å²) in [5.41, 5.74) is 1.21. The van der Waals surface area contributed by atoms with Crippen LogP contribution in [0.4, 0.5) is 21.8 Å². The Balaban J connectivity index is 1.96. The molecular weight excluding hydrogens is 521 g/mol. The number of hydrogen-bond donors (Lipinski definition) is 3. The summed E-state index contributed by atoms with van der Waals surface area (Å²) in [5.74, 6) is 6.52. The van der Waals surface area contributed by atoms with Crippen LogP contribution in [0.25, 0.3) is 0 Å². The lowest BCUT2D eigenvalue weighted by Crippen LogP contribution is -2.50. The lowest BCUT2D eigenvalue weighted by atomic mass is 9.97. The summed E-state index contributed by atoms with van der Waals surface area (Å²) >= 11 is 0. The number of nitrogens with one attached hydrogen (secondary N) is 3. The predicted octanol–water partition coefficient (Wildman–Crippen LogP) is 4.42. The highest BCUT2D eigenvalue weighted by Crippen LogP contribution is 2.18. The monoisotopic (exact) mass is 565 g/mol. The van der Waals surface area contributed by atoms with Gasteiger partial charge in [0.15, 0.2) is 0 Å². The maximum absolute atomic E-state index is 13.5. The van der Waals surface area contributed by atoms with E-state index in [1.165, 1.54) is 23.1 Å². The number of hydrogen-bond acceptors (Lipinski definition) is 7. The third kappa shape index (κ3) is 11.6. The number of halogens is 1. The van der Waals surface area contributed by atoms with E-state index >= 15 is 0 Å². The zero-order valence-electron chi connectivity index (χ0n) is 25.1. The second kappa shape index (κ2) is 17.7. The molecule has 1 aromatic heterocycles. The number of carbonyl (C=O) groups excluding carboxylic acids is 2. The molecular formula is C31H44FN7O2. The van der Waals surface area contributed by atoms with Crippen LogP contribution in [0, 0.1) is 23.6 Å². The van der Waals surface area contributed by atoms with E-state index in [1.54, 1.807) is 31.5 Å². The van der Waals surface area contributed by atoms with E-state index in [2.05, 4.69) is 44.7 Å². The van der Waals surface area contributed by atoms with Crippen molar-refractivity contribution < 1.29 is 14.0 Å². The van der Waals surface area contributed by atoms with Gasteiger partial charge in [-0.1, -0.05) is 51.2 Å².